The van der Waals surface area contributed by atoms with Crippen molar-refractivity contribution in [2.24, 2.45) is 0 Å². The Balaban J connectivity index is 1.68. The lowest BCUT2D eigenvalue weighted by Crippen LogP contribution is -2.46. The number of methoxy groups -OCH3 is 1. The molecule has 2 heterocycles. The summed E-state index contributed by atoms with van der Waals surface area (Å²) in [6.07, 6.45) is 4.35. The Morgan fingerprint density at radius 2 is 2.08 bits per heavy atom. The van der Waals surface area contributed by atoms with E-state index >= 15 is 0 Å². The van der Waals surface area contributed by atoms with E-state index in [0.717, 1.165) is 58.7 Å². The molecule has 2 aliphatic rings. The quantitative estimate of drug-likeness (QED) is 0.803. The molecule has 0 radical (unpaired) electrons. The molecule has 0 bridgehead atoms. The van der Waals surface area contributed by atoms with Crippen LogP contribution in [0.25, 0.3) is 0 Å². The molecule has 0 saturated carbocycles. The first-order chi connectivity index (χ1) is 12.2. The Morgan fingerprint density at radius 3 is 2.84 bits per heavy atom. The number of carbonyl (C=O) groups excluding carboxylic acids is 1. The molecule has 1 atom stereocenters. The van der Waals surface area contributed by atoms with E-state index in [1.54, 1.807) is 25.3 Å². The second kappa shape index (κ2) is 8.88. The summed E-state index contributed by atoms with van der Waals surface area (Å²) in [4.78, 5) is 17.6. The van der Waals surface area contributed by atoms with Gasteiger partial charge in [-0.2, -0.15) is 0 Å². The largest absolute Gasteiger partial charge is 0.496 e. The zero-order valence-corrected chi connectivity index (χ0v) is 15.6. The van der Waals surface area contributed by atoms with E-state index in [1.807, 2.05) is 4.90 Å². The molecule has 1 aromatic carbocycles. The molecule has 1 aromatic rings. The lowest BCUT2D eigenvalue weighted by Gasteiger charge is -2.37. The molecule has 0 aliphatic carbocycles. The van der Waals surface area contributed by atoms with Crippen molar-refractivity contribution in [2.75, 3.05) is 46.5 Å². The Bertz CT molecular complexity index is 590. The van der Waals surface area contributed by atoms with Crippen molar-refractivity contribution in [2.45, 2.75) is 31.7 Å². The predicted molar refractivity (Wildman–Crippen MR) is 98.6 cm³/mol. The molecule has 2 saturated heterocycles. The average molecular weight is 367 g/mol. The van der Waals surface area contributed by atoms with Crippen LogP contribution in [0.5, 0.6) is 5.75 Å². The molecule has 2 fully saturated rings. The molecular formula is C19H27ClN2O3. The summed E-state index contributed by atoms with van der Waals surface area (Å²) in [5.41, 5.74) is 0.602. The van der Waals surface area contributed by atoms with Gasteiger partial charge in [0.05, 0.1) is 25.9 Å². The van der Waals surface area contributed by atoms with Crippen LogP contribution in [-0.4, -0.2) is 68.3 Å². The van der Waals surface area contributed by atoms with Gasteiger partial charge in [-0.05, 0) is 43.9 Å². The highest BCUT2D eigenvalue weighted by molar-refractivity contribution is 6.30. The Labute approximate surface area is 154 Å². The van der Waals surface area contributed by atoms with Crippen molar-refractivity contribution in [3.63, 3.8) is 0 Å². The molecule has 1 unspecified atom stereocenters. The van der Waals surface area contributed by atoms with Gasteiger partial charge in [-0.15, -0.1) is 0 Å². The number of benzene rings is 1. The molecule has 5 nitrogen and oxygen atoms in total. The number of amides is 1. The maximum absolute atomic E-state index is 13.1. The summed E-state index contributed by atoms with van der Waals surface area (Å²) in [5, 5.41) is 0.580. The number of hydrogen-bond acceptors (Lipinski definition) is 4. The van der Waals surface area contributed by atoms with Crippen LogP contribution in [0, 0.1) is 0 Å². The van der Waals surface area contributed by atoms with Crippen LogP contribution in [0.1, 0.15) is 36.0 Å². The molecule has 0 spiro atoms. The monoisotopic (exact) mass is 366 g/mol. The molecule has 2 aliphatic heterocycles. The van der Waals surface area contributed by atoms with Gasteiger partial charge in [-0.3, -0.25) is 9.69 Å². The van der Waals surface area contributed by atoms with Crippen LogP contribution in [0.3, 0.4) is 0 Å². The van der Waals surface area contributed by atoms with E-state index in [4.69, 9.17) is 21.1 Å². The molecule has 0 N–H and O–H groups in total. The summed E-state index contributed by atoms with van der Waals surface area (Å²) >= 11 is 6.03. The highest BCUT2D eigenvalue weighted by Gasteiger charge is 2.29. The Morgan fingerprint density at radius 1 is 1.28 bits per heavy atom. The van der Waals surface area contributed by atoms with Gasteiger partial charge in [-0.1, -0.05) is 11.6 Å². The number of rotatable bonds is 5. The van der Waals surface area contributed by atoms with Crippen molar-refractivity contribution in [1.29, 1.82) is 0 Å². The number of halogens is 1. The molecule has 1 amide bonds. The minimum Gasteiger partial charge on any atom is -0.496 e. The van der Waals surface area contributed by atoms with Gasteiger partial charge in [0.1, 0.15) is 5.75 Å². The van der Waals surface area contributed by atoms with Crippen molar-refractivity contribution >= 4 is 17.5 Å². The van der Waals surface area contributed by atoms with E-state index in [-0.39, 0.29) is 5.91 Å². The number of likely N-dealkylation sites (tertiary alicyclic amines) is 1. The van der Waals surface area contributed by atoms with E-state index < -0.39 is 0 Å². The lowest BCUT2D eigenvalue weighted by molar-refractivity contribution is 0.0295. The molecule has 25 heavy (non-hydrogen) atoms. The number of ether oxygens (including phenoxy) is 2. The molecule has 0 aromatic heterocycles. The SMILES string of the molecule is COc1cc(Cl)ccc1C(=O)N1CCCCC1CCN1CCOCC1. The predicted octanol–water partition coefficient (Wildman–Crippen LogP) is 3.07. The highest BCUT2D eigenvalue weighted by atomic mass is 35.5. The topological polar surface area (TPSA) is 42.0 Å². The Kier molecular flexibility index (Phi) is 6.57. The number of nitrogens with zero attached hydrogens (tertiary/aromatic N) is 2. The van der Waals surface area contributed by atoms with Crippen molar-refractivity contribution in [1.82, 2.24) is 9.80 Å². The standard InChI is InChI=1S/C19H27ClN2O3/c1-24-18-14-15(20)5-6-17(18)19(23)22-8-3-2-4-16(22)7-9-21-10-12-25-13-11-21/h5-6,14,16H,2-4,7-13H2,1H3. The normalized spacial score (nSPS) is 22.0. The van der Waals surface area contributed by atoms with Crippen LogP contribution in [0.4, 0.5) is 0 Å². The van der Waals surface area contributed by atoms with Gasteiger partial charge in [0.25, 0.3) is 5.91 Å². The minimum absolute atomic E-state index is 0.0557. The summed E-state index contributed by atoms with van der Waals surface area (Å²) < 4.78 is 10.8. The van der Waals surface area contributed by atoms with Gasteiger partial charge in [0.2, 0.25) is 0 Å². The average Bonchev–Trinajstić information content (AvgIpc) is 2.66. The molecule has 3 rings (SSSR count). The van der Waals surface area contributed by atoms with E-state index in [2.05, 4.69) is 4.90 Å². The first kappa shape index (κ1) is 18.5. The van der Waals surface area contributed by atoms with Gasteiger partial charge < -0.3 is 14.4 Å². The van der Waals surface area contributed by atoms with Crippen LogP contribution >= 0.6 is 11.6 Å². The second-order valence-electron chi connectivity index (χ2n) is 6.74. The molecular weight excluding hydrogens is 340 g/mol. The van der Waals surface area contributed by atoms with Crippen LogP contribution in [0.15, 0.2) is 18.2 Å². The van der Waals surface area contributed by atoms with Gasteiger partial charge >= 0.3 is 0 Å². The zero-order valence-electron chi connectivity index (χ0n) is 14.9. The third-order valence-corrected chi connectivity index (χ3v) is 5.40. The first-order valence-corrected chi connectivity index (χ1v) is 9.51. The second-order valence-corrected chi connectivity index (χ2v) is 7.17. The fourth-order valence-electron chi connectivity index (χ4n) is 3.72. The van der Waals surface area contributed by atoms with Crippen LogP contribution in [-0.2, 0) is 4.74 Å². The summed E-state index contributed by atoms with van der Waals surface area (Å²) in [5.74, 6) is 0.607. The minimum atomic E-state index is 0.0557. The molecule has 6 heteroatoms. The fourth-order valence-corrected chi connectivity index (χ4v) is 3.88. The van der Waals surface area contributed by atoms with Crippen molar-refractivity contribution in [3.05, 3.63) is 28.8 Å². The fraction of sp³-hybridized carbons (Fsp3) is 0.632. The third-order valence-electron chi connectivity index (χ3n) is 5.16. The highest BCUT2D eigenvalue weighted by Crippen LogP contribution is 2.28. The Hall–Kier alpha value is -1.30. The number of hydrogen-bond donors (Lipinski definition) is 0. The number of morpholine rings is 1. The van der Waals surface area contributed by atoms with E-state index in [9.17, 15) is 4.79 Å². The maximum atomic E-state index is 13.1. The maximum Gasteiger partial charge on any atom is 0.257 e. The van der Waals surface area contributed by atoms with Crippen LogP contribution < -0.4 is 4.74 Å². The number of piperidine rings is 1. The van der Waals surface area contributed by atoms with Gasteiger partial charge in [0.15, 0.2) is 0 Å². The van der Waals surface area contributed by atoms with Crippen LogP contribution in [0.2, 0.25) is 5.02 Å². The van der Waals surface area contributed by atoms with E-state index in [1.165, 1.54) is 6.42 Å². The smallest absolute Gasteiger partial charge is 0.257 e. The zero-order chi connectivity index (χ0) is 17.6. The van der Waals surface area contributed by atoms with Crippen molar-refractivity contribution in [3.8, 4) is 5.75 Å². The van der Waals surface area contributed by atoms with Gasteiger partial charge in [-0.25, -0.2) is 0 Å². The number of carbonyl (C=O) groups is 1. The van der Waals surface area contributed by atoms with Gasteiger partial charge in [0, 0.05) is 37.2 Å². The molecule has 138 valence electrons. The summed E-state index contributed by atoms with van der Waals surface area (Å²) in [6.45, 7) is 5.45. The third kappa shape index (κ3) is 4.66. The van der Waals surface area contributed by atoms with Crippen molar-refractivity contribution < 1.29 is 14.3 Å². The lowest BCUT2D eigenvalue weighted by atomic mass is 9.97. The van der Waals surface area contributed by atoms with E-state index in [0.29, 0.717) is 22.4 Å². The first-order valence-electron chi connectivity index (χ1n) is 9.13. The summed E-state index contributed by atoms with van der Waals surface area (Å²) in [7, 11) is 1.58. The summed E-state index contributed by atoms with van der Waals surface area (Å²) in [6, 6.07) is 5.53.